The molecule has 9 heterocycles. The highest BCUT2D eigenvalue weighted by Gasteiger charge is 2.54. The number of aromatic nitrogens is 6. The fourth-order valence-corrected chi connectivity index (χ4v) is 11.9. The summed E-state index contributed by atoms with van der Waals surface area (Å²) < 4.78 is 8.09. The minimum atomic E-state index is -0.425. The van der Waals surface area contributed by atoms with Crippen LogP contribution >= 0.6 is 23.2 Å². The number of imide groups is 1. The van der Waals surface area contributed by atoms with Gasteiger partial charge in [0, 0.05) is 105 Å². The number of ether oxygens (including phenoxy) is 1. The van der Waals surface area contributed by atoms with Gasteiger partial charge in [0.1, 0.15) is 23.4 Å². The van der Waals surface area contributed by atoms with Gasteiger partial charge in [0.25, 0.3) is 0 Å². The highest BCUT2D eigenvalue weighted by Crippen LogP contribution is 2.43. The Morgan fingerprint density at radius 3 is 2.30 bits per heavy atom. The Morgan fingerprint density at radius 2 is 1.60 bits per heavy atom. The molecule has 4 aromatic heterocycles. The molecule has 0 saturated carbocycles. The van der Waals surface area contributed by atoms with E-state index in [0.717, 1.165) is 96.7 Å². The third-order valence-corrected chi connectivity index (χ3v) is 15.6. The summed E-state index contributed by atoms with van der Waals surface area (Å²) in [6, 6.07) is 16.3. The number of amides is 4. The van der Waals surface area contributed by atoms with Crippen molar-refractivity contribution in [1.82, 2.24) is 50.0 Å². The number of H-pyrrole nitrogens is 1. The smallest absolute Gasteiger partial charge is 0.236 e. The number of carbonyl (C=O) groups is 4. The third kappa shape index (κ3) is 9.21. The number of benzene rings is 2. The van der Waals surface area contributed by atoms with Gasteiger partial charge in [-0.2, -0.15) is 10.2 Å². The van der Waals surface area contributed by atoms with E-state index in [1.54, 1.807) is 12.4 Å². The number of carbonyl (C=O) groups excluding carboxylic acids is 4. The van der Waals surface area contributed by atoms with Crippen LogP contribution in [-0.4, -0.2) is 127 Å². The number of piperidine rings is 3. The van der Waals surface area contributed by atoms with E-state index in [1.807, 2.05) is 78.8 Å². The molecule has 5 aliphatic rings. The molecular formula is C52H59Cl2N11O5. The van der Waals surface area contributed by atoms with Gasteiger partial charge in [-0.15, -0.1) is 0 Å². The zero-order valence-corrected chi connectivity index (χ0v) is 41.6. The Morgan fingerprint density at radius 1 is 0.857 bits per heavy atom. The Balaban J connectivity index is 0.00000280. The fraction of sp³-hybridized carbons (Fsp3) is 0.462. The van der Waals surface area contributed by atoms with Gasteiger partial charge in [-0.05, 0) is 100.0 Å². The van der Waals surface area contributed by atoms with Crippen LogP contribution in [-0.2, 0) is 26.2 Å². The molecule has 4 amide bonds. The van der Waals surface area contributed by atoms with Crippen LogP contribution in [0, 0.1) is 11.3 Å². The Hall–Kier alpha value is -6.10. The van der Waals surface area contributed by atoms with Crippen LogP contribution in [0.15, 0.2) is 67.1 Å². The van der Waals surface area contributed by atoms with Gasteiger partial charge in [0.2, 0.25) is 23.6 Å². The molecule has 16 nitrogen and oxygen atoms in total. The molecule has 5 fully saturated rings. The molecule has 0 radical (unpaired) electrons. The molecule has 366 valence electrons. The number of halogens is 2. The van der Waals surface area contributed by atoms with Gasteiger partial charge < -0.3 is 19.4 Å². The summed E-state index contributed by atoms with van der Waals surface area (Å²) in [5, 5.41) is 17.6. The van der Waals surface area contributed by atoms with Crippen molar-refractivity contribution >= 4 is 74.5 Å². The average Bonchev–Trinajstić information content (AvgIpc) is 3.91. The molecule has 5 saturated heterocycles. The van der Waals surface area contributed by atoms with Crippen LogP contribution in [0.2, 0.25) is 10.0 Å². The van der Waals surface area contributed by atoms with Crippen molar-refractivity contribution in [1.29, 1.82) is 0 Å². The zero-order chi connectivity index (χ0) is 48.8. The van der Waals surface area contributed by atoms with Crippen molar-refractivity contribution in [2.24, 2.45) is 18.4 Å². The number of aryl methyl sites for hydroxylation is 1. The molecule has 11 rings (SSSR count). The van der Waals surface area contributed by atoms with E-state index in [-0.39, 0.29) is 35.0 Å². The van der Waals surface area contributed by atoms with Gasteiger partial charge in [0.15, 0.2) is 0 Å². The SMILES string of the molecule is CC.C[C@@H](Oc1ccc2[nH]nc(-c3ccc(N4CC5(CN(C(=O)C6CCN(C(=O)CN7CCC(c8ccc9c(C%10CCC(=O)NC%10=O)nn(C)c9c8)CC7)CC6)C5)C4)nc3)c2c1)c1c(Cl)cncc1Cl. The zero-order valence-electron chi connectivity index (χ0n) is 40.1. The monoisotopic (exact) mass is 987 g/mol. The van der Waals surface area contributed by atoms with Crippen LogP contribution in [0.1, 0.15) is 94.1 Å². The highest BCUT2D eigenvalue weighted by atomic mass is 35.5. The maximum Gasteiger partial charge on any atom is 0.236 e. The van der Waals surface area contributed by atoms with Gasteiger partial charge in [0.05, 0.1) is 39.2 Å². The molecule has 2 N–H and O–H groups in total. The topological polar surface area (TPSA) is 175 Å². The van der Waals surface area contributed by atoms with E-state index in [4.69, 9.17) is 38.0 Å². The molecule has 2 aromatic carbocycles. The Labute approximate surface area is 417 Å². The van der Waals surface area contributed by atoms with Crippen molar-refractivity contribution in [3.8, 4) is 17.0 Å². The number of nitrogens with one attached hydrogen (secondary N) is 2. The third-order valence-electron chi connectivity index (χ3n) is 15.0. The van der Waals surface area contributed by atoms with E-state index in [2.05, 4.69) is 48.5 Å². The lowest BCUT2D eigenvalue weighted by molar-refractivity contribution is -0.152. The van der Waals surface area contributed by atoms with Crippen LogP contribution in [0.25, 0.3) is 33.1 Å². The summed E-state index contributed by atoms with van der Waals surface area (Å²) in [5.74, 6) is 1.33. The molecule has 0 bridgehead atoms. The number of anilines is 1. The molecule has 5 aliphatic heterocycles. The van der Waals surface area contributed by atoms with Crippen molar-refractivity contribution in [2.75, 3.05) is 63.8 Å². The molecule has 1 unspecified atom stereocenters. The lowest BCUT2D eigenvalue weighted by Crippen LogP contribution is -2.73. The Kier molecular flexibility index (Phi) is 13.3. The van der Waals surface area contributed by atoms with Gasteiger partial charge in [-0.1, -0.05) is 49.2 Å². The summed E-state index contributed by atoms with van der Waals surface area (Å²) in [7, 11) is 1.90. The van der Waals surface area contributed by atoms with Crippen LogP contribution in [0.4, 0.5) is 5.82 Å². The van der Waals surface area contributed by atoms with E-state index in [1.165, 1.54) is 5.56 Å². The summed E-state index contributed by atoms with van der Waals surface area (Å²) in [4.78, 5) is 68.8. The summed E-state index contributed by atoms with van der Waals surface area (Å²) in [5.41, 5.74) is 6.28. The van der Waals surface area contributed by atoms with Gasteiger partial charge >= 0.3 is 0 Å². The number of aromatic amines is 1. The fourth-order valence-electron chi connectivity index (χ4n) is 11.2. The van der Waals surface area contributed by atoms with E-state index in [0.29, 0.717) is 72.6 Å². The van der Waals surface area contributed by atoms with E-state index >= 15 is 0 Å². The van der Waals surface area contributed by atoms with Gasteiger partial charge in [-0.25, -0.2) is 4.98 Å². The largest absolute Gasteiger partial charge is 0.486 e. The first-order valence-corrected chi connectivity index (χ1v) is 25.4. The number of nitrogens with zero attached hydrogens (tertiary/aromatic N) is 9. The lowest BCUT2D eigenvalue weighted by Gasteiger charge is -2.61. The summed E-state index contributed by atoms with van der Waals surface area (Å²) in [6.45, 7) is 12.5. The van der Waals surface area contributed by atoms with E-state index in [9.17, 15) is 19.2 Å². The minimum absolute atomic E-state index is 0.0445. The predicted molar refractivity (Wildman–Crippen MR) is 269 cm³/mol. The van der Waals surface area contributed by atoms with E-state index < -0.39 is 12.0 Å². The first kappa shape index (κ1) is 47.6. The van der Waals surface area contributed by atoms with Crippen molar-refractivity contribution in [2.45, 2.75) is 77.2 Å². The summed E-state index contributed by atoms with van der Waals surface area (Å²) >= 11 is 12.8. The second-order valence-corrected chi connectivity index (χ2v) is 20.3. The number of pyridine rings is 2. The molecule has 18 heteroatoms. The molecule has 2 atom stereocenters. The highest BCUT2D eigenvalue weighted by molar-refractivity contribution is 6.35. The van der Waals surface area contributed by atoms with Crippen molar-refractivity contribution in [3.63, 3.8) is 0 Å². The molecule has 0 aliphatic carbocycles. The number of likely N-dealkylation sites (tertiary alicyclic amines) is 3. The molecule has 70 heavy (non-hydrogen) atoms. The number of hydrogen-bond donors (Lipinski definition) is 2. The maximum absolute atomic E-state index is 13.6. The minimum Gasteiger partial charge on any atom is -0.486 e. The molecular weight excluding hydrogens is 930 g/mol. The number of fused-ring (bicyclic) bond motifs is 2. The van der Waals surface area contributed by atoms with Crippen molar-refractivity contribution < 1.29 is 23.9 Å². The second kappa shape index (κ2) is 19.6. The first-order valence-electron chi connectivity index (χ1n) is 24.6. The first-order chi connectivity index (χ1) is 33.9. The lowest BCUT2D eigenvalue weighted by atomic mass is 9.72. The van der Waals surface area contributed by atoms with Crippen molar-refractivity contribution in [3.05, 3.63) is 94.0 Å². The molecule has 1 spiro atoms. The normalized spacial score (nSPS) is 20.2. The van der Waals surface area contributed by atoms with Crippen LogP contribution < -0.4 is 15.0 Å². The quantitative estimate of drug-likeness (QED) is 0.129. The Bertz CT molecular complexity index is 2930. The summed E-state index contributed by atoms with van der Waals surface area (Å²) in [6.07, 6.45) is 8.68. The maximum atomic E-state index is 13.6. The van der Waals surface area contributed by atoms with Crippen LogP contribution in [0.5, 0.6) is 5.75 Å². The second-order valence-electron chi connectivity index (χ2n) is 19.5. The van der Waals surface area contributed by atoms with Gasteiger partial charge in [-0.3, -0.25) is 44.2 Å². The standard InChI is InChI=1S/C50H53Cl2N11O5.C2H6/c1-29(45-38(51)22-53-23-39(45)52)68-34-5-8-40-37(20-34)46(57-56-40)33-4-9-42(54-21-33)62-25-50(26-62)27-63(28-50)49(67)31-13-17-61(18-14-31)44(65)24-60-15-11-30(12-16-60)32-3-6-35-41(19-32)59(2)58-47(35)36-7-10-43(64)55-48(36)66;1-2/h3-6,8-9,19-23,29-31,36H,7,10-18,24-28H2,1-2H3,(H,56,57)(H,55,64,66);1-2H3/t29-,36?;/m1./s1. The number of rotatable bonds is 10. The number of hydrogen-bond acceptors (Lipinski definition) is 11. The molecule has 6 aromatic rings. The average molecular weight is 989 g/mol. The van der Waals surface area contributed by atoms with Crippen LogP contribution in [0.3, 0.4) is 0 Å². The predicted octanol–water partition coefficient (Wildman–Crippen LogP) is 7.67.